The quantitative estimate of drug-likeness (QED) is 0.765. The Morgan fingerprint density at radius 1 is 1.39 bits per heavy atom. The molecule has 0 radical (unpaired) electrons. The number of hydrogen-bond acceptors (Lipinski definition) is 3. The first-order chi connectivity index (χ1) is 8.72. The van der Waals surface area contributed by atoms with Crippen molar-refractivity contribution >= 4 is 5.91 Å². The summed E-state index contributed by atoms with van der Waals surface area (Å²) in [5.74, 6) is 1.13. The minimum absolute atomic E-state index is 0.0531. The van der Waals surface area contributed by atoms with Crippen LogP contribution in [0.15, 0.2) is 0 Å². The van der Waals surface area contributed by atoms with Crippen LogP contribution in [0.5, 0.6) is 0 Å². The highest BCUT2D eigenvalue weighted by Gasteiger charge is 2.30. The van der Waals surface area contributed by atoms with Crippen molar-refractivity contribution in [2.24, 2.45) is 5.92 Å². The number of nitrogens with zero attached hydrogens (tertiary/aromatic N) is 2. The first-order valence-corrected chi connectivity index (χ1v) is 7.46. The lowest BCUT2D eigenvalue weighted by atomic mass is 10.2. The Balaban J connectivity index is 1.88. The number of hydrogen-bond donors (Lipinski definition) is 1. The molecule has 0 bridgehead atoms. The molecule has 1 amide bonds. The fraction of sp³-hybridized carbons (Fsp3) is 0.929. The first kappa shape index (κ1) is 13.8. The SMILES string of the molecule is CCCN(CC1CC1)C(=O)C(C)N1CCNCC1. The van der Waals surface area contributed by atoms with Gasteiger partial charge in [-0.2, -0.15) is 0 Å². The largest absolute Gasteiger partial charge is 0.341 e. The van der Waals surface area contributed by atoms with Crippen LogP contribution in [-0.2, 0) is 4.79 Å². The van der Waals surface area contributed by atoms with Gasteiger partial charge in [-0.3, -0.25) is 9.69 Å². The number of carbonyl (C=O) groups is 1. The summed E-state index contributed by atoms with van der Waals surface area (Å²) in [5.41, 5.74) is 0. The van der Waals surface area contributed by atoms with Crippen LogP contribution < -0.4 is 5.32 Å². The van der Waals surface area contributed by atoms with E-state index in [2.05, 4.69) is 29.0 Å². The van der Waals surface area contributed by atoms with E-state index < -0.39 is 0 Å². The standard InChI is InChI=1S/C14H27N3O/c1-3-8-17(11-13-4-5-13)14(18)12(2)16-9-6-15-7-10-16/h12-13,15H,3-11H2,1-2H3. The average molecular weight is 253 g/mol. The number of piperazine rings is 1. The molecule has 0 spiro atoms. The van der Waals surface area contributed by atoms with Crippen LogP contribution in [0.1, 0.15) is 33.1 Å². The highest BCUT2D eigenvalue weighted by atomic mass is 16.2. The molecule has 104 valence electrons. The van der Waals surface area contributed by atoms with Crippen molar-refractivity contribution in [3.05, 3.63) is 0 Å². The van der Waals surface area contributed by atoms with Crippen molar-refractivity contribution in [1.29, 1.82) is 0 Å². The maximum atomic E-state index is 12.6. The molecular weight excluding hydrogens is 226 g/mol. The molecule has 2 fully saturated rings. The van der Waals surface area contributed by atoms with Gasteiger partial charge in [-0.25, -0.2) is 0 Å². The highest BCUT2D eigenvalue weighted by molar-refractivity contribution is 5.81. The molecule has 0 aromatic heterocycles. The van der Waals surface area contributed by atoms with E-state index >= 15 is 0 Å². The van der Waals surface area contributed by atoms with Gasteiger partial charge in [0, 0.05) is 39.3 Å². The van der Waals surface area contributed by atoms with Crippen molar-refractivity contribution in [1.82, 2.24) is 15.1 Å². The Bertz CT molecular complexity index is 272. The maximum Gasteiger partial charge on any atom is 0.239 e. The molecule has 1 unspecified atom stereocenters. The third kappa shape index (κ3) is 3.69. The lowest BCUT2D eigenvalue weighted by Crippen LogP contribution is -2.53. The van der Waals surface area contributed by atoms with Crippen LogP contribution in [0.25, 0.3) is 0 Å². The zero-order chi connectivity index (χ0) is 13.0. The first-order valence-electron chi connectivity index (χ1n) is 7.46. The molecule has 1 heterocycles. The van der Waals surface area contributed by atoms with Crippen LogP contribution in [0.2, 0.25) is 0 Å². The summed E-state index contributed by atoms with van der Waals surface area (Å²) in [7, 11) is 0. The Morgan fingerprint density at radius 3 is 2.61 bits per heavy atom. The monoisotopic (exact) mass is 253 g/mol. The minimum atomic E-state index is 0.0531. The van der Waals surface area contributed by atoms with Gasteiger partial charge in [0.15, 0.2) is 0 Å². The van der Waals surface area contributed by atoms with Gasteiger partial charge >= 0.3 is 0 Å². The Kier molecular flexibility index (Phi) is 5.01. The molecule has 2 rings (SSSR count). The van der Waals surface area contributed by atoms with E-state index in [1.807, 2.05) is 0 Å². The van der Waals surface area contributed by atoms with Crippen LogP contribution in [0.3, 0.4) is 0 Å². The summed E-state index contributed by atoms with van der Waals surface area (Å²) in [6, 6.07) is 0.0531. The van der Waals surface area contributed by atoms with Crippen LogP contribution in [0, 0.1) is 5.92 Å². The Hall–Kier alpha value is -0.610. The fourth-order valence-corrected chi connectivity index (χ4v) is 2.66. The molecule has 4 nitrogen and oxygen atoms in total. The second kappa shape index (κ2) is 6.53. The molecule has 18 heavy (non-hydrogen) atoms. The van der Waals surface area contributed by atoms with E-state index in [0.29, 0.717) is 5.91 Å². The Morgan fingerprint density at radius 2 is 2.06 bits per heavy atom. The number of carbonyl (C=O) groups excluding carboxylic acids is 1. The fourth-order valence-electron chi connectivity index (χ4n) is 2.66. The summed E-state index contributed by atoms with van der Waals surface area (Å²) in [6.07, 6.45) is 3.69. The summed E-state index contributed by atoms with van der Waals surface area (Å²) >= 11 is 0. The number of amides is 1. The normalized spacial score (nSPS) is 22.8. The third-order valence-electron chi connectivity index (χ3n) is 4.04. The molecule has 0 aromatic carbocycles. The lowest BCUT2D eigenvalue weighted by molar-refractivity contribution is -0.137. The van der Waals surface area contributed by atoms with E-state index in [1.165, 1.54) is 12.8 Å². The minimum Gasteiger partial charge on any atom is -0.341 e. The predicted molar refractivity (Wildman–Crippen MR) is 73.5 cm³/mol. The van der Waals surface area contributed by atoms with Crippen molar-refractivity contribution in [2.45, 2.75) is 39.2 Å². The van der Waals surface area contributed by atoms with Crippen LogP contribution >= 0.6 is 0 Å². The average Bonchev–Trinajstić information content (AvgIpc) is 3.21. The van der Waals surface area contributed by atoms with Gasteiger partial charge in [0.05, 0.1) is 6.04 Å². The zero-order valence-corrected chi connectivity index (χ0v) is 11.8. The smallest absolute Gasteiger partial charge is 0.239 e. The number of rotatable bonds is 6. The van der Waals surface area contributed by atoms with Gasteiger partial charge in [0.2, 0.25) is 5.91 Å². The second-order valence-electron chi connectivity index (χ2n) is 5.69. The van der Waals surface area contributed by atoms with Gasteiger partial charge in [0.25, 0.3) is 0 Å². The lowest BCUT2D eigenvalue weighted by Gasteiger charge is -2.35. The van der Waals surface area contributed by atoms with Crippen LogP contribution in [0.4, 0.5) is 0 Å². The molecule has 1 N–H and O–H groups in total. The van der Waals surface area contributed by atoms with Crippen molar-refractivity contribution < 1.29 is 4.79 Å². The van der Waals surface area contributed by atoms with Crippen molar-refractivity contribution in [3.63, 3.8) is 0 Å². The molecule has 1 saturated carbocycles. The zero-order valence-electron chi connectivity index (χ0n) is 11.8. The van der Waals surface area contributed by atoms with Gasteiger partial charge in [-0.1, -0.05) is 6.92 Å². The van der Waals surface area contributed by atoms with Crippen molar-refractivity contribution in [2.75, 3.05) is 39.3 Å². The molecule has 4 heteroatoms. The van der Waals surface area contributed by atoms with E-state index in [1.54, 1.807) is 0 Å². The maximum absolute atomic E-state index is 12.6. The summed E-state index contributed by atoms with van der Waals surface area (Å²) in [4.78, 5) is 17.0. The number of nitrogens with one attached hydrogen (secondary N) is 1. The van der Waals surface area contributed by atoms with E-state index in [4.69, 9.17) is 0 Å². The summed E-state index contributed by atoms with van der Waals surface area (Å²) in [5, 5.41) is 3.34. The topological polar surface area (TPSA) is 35.6 Å². The molecule has 1 atom stereocenters. The molecule has 1 aliphatic heterocycles. The van der Waals surface area contributed by atoms with Crippen molar-refractivity contribution in [3.8, 4) is 0 Å². The second-order valence-corrected chi connectivity index (χ2v) is 5.69. The van der Waals surface area contributed by atoms with Gasteiger partial charge in [-0.15, -0.1) is 0 Å². The molecule has 0 aromatic rings. The van der Waals surface area contributed by atoms with E-state index in [0.717, 1.165) is 51.6 Å². The predicted octanol–water partition coefficient (Wildman–Crippen LogP) is 0.929. The van der Waals surface area contributed by atoms with Gasteiger partial charge in [0.1, 0.15) is 0 Å². The summed E-state index contributed by atoms with van der Waals surface area (Å²) < 4.78 is 0. The molecule has 1 aliphatic carbocycles. The molecular formula is C14H27N3O. The highest BCUT2D eigenvalue weighted by Crippen LogP contribution is 2.30. The third-order valence-corrected chi connectivity index (χ3v) is 4.04. The Labute approximate surface area is 111 Å². The molecule has 1 saturated heterocycles. The van der Waals surface area contributed by atoms with Crippen LogP contribution in [-0.4, -0.2) is 61.0 Å². The van der Waals surface area contributed by atoms with E-state index in [9.17, 15) is 4.79 Å². The van der Waals surface area contributed by atoms with Gasteiger partial charge in [-0.05, 0) is 32.1 Å². The summed E-state index contributed by atoms with van der Waals surface area (Å²) in [6.45, 7) is 10.1. The van der Waals surface area contributed by atoms with Gasteiger partial charge < -0.3 is 10.2 Å². The van der Waals surface area contributed by atoms with E-state index in [-0.39, 0.29) is 6.04 Å². The molecule has 2 aliphatic rings.